The highest BCUT2D eigenvalue weighted by Crippen LogP contribution is 2.12. The molecule has 1 aliphatic heterocycles. The van der Waals surface area contributed by atoms with E-state index < -0.39 is 0 Å². The maximum atomic E-state index is 2.48. The van der Waals surface area contributed by atoms with Crippen LogP contribution in [0.25, 0.3) is 0 Å². The number of nitrogens with zero attached hydrogens (tertiary/aromatic N) is 1. The third kappa shape index (κ3) is 4.51. The Hall–Kier alpha value is -0.235. The Bertz CT molecular complexity index is 152. The molecule has 0 fully saturated rings. The number of rotatable bonds is 2. The minimum absolute atomic E-state index is 0.758. The van der Waals surface area contributed by atoms with Gasteiger partial charge in [0, 0.05) is 13.1 Å². The first kappa shape index (κ1) is 12.8. The van der Waals surface area contributed by atoms with Crippen molar-refractivity contribution in [3.05, 3.63) is 11.5 Å². The minimum Gasteiger partial charge on any atom is -0.300 e. The molecule has 1 nitrogen and oxygen atoms in total. The standard InChI is InChI=1S/C9H18BN.C2H6/c1-4-11-7-5-9(6-8-11)10(2)3;1-2/h5H,4,6-8H2,1-3H3;1-2H3. The fourth-order valence-corrected chi connectivity index (χ4v) is 1.54. The summed E-state index contributed by atoms with van der Waals surface area (Å²) in [6.45, 7) is 15.2. The van der Waals surface area contributed by atoms with Crippen molar-refractivity contribution in [3.8, 4) is 0 Å². The highest BCUT2D eigenvalue weighted by atomic mass is 15.1. The van der Waals surface area contributed by atoms with Crippen LogP contribution in [0.4, 0.5) is 0 Å². The van der Waals surface area contributed by atoms with E-state index in [0.29, 0.717) is 0 Å². The molecular weight excluding hydrogens is 157 g/mol. The van der Waals surface area contributed by atoms with E-state index in [1.165, 1.54) is 26.1 Å². The van der Waals surface area contributed by atoms with Crippen molar-refractivity contribution in [2.75, 3.05) is 19.6 Å². The topological polar surface area (TPSA) is 3.24 Å². The van der Waals surface area contributed by atoms with E-state index in [1.807, 2.05) is 13.8 Å². The third-order valence-electron chi connectivity index (χ3n) is 2.52. The quantitative estimate of drug-likeness (QED) is 0.592. The summed E-state index contributed by atoms with van der Waals surface area (Å²) in [7, 11) is 0. The van der Waals surface area contributed by atoms with Gasteiger partial charge in [0.2, 0.25) is 0 Å². The van der Waals surface area contributed by atoms with Gasteiger partial charge < -0.3 is 0 Å². The van der Waals surface area contributed by atoms with E-state index >= 15 is 0 Å². The number of hydrogen-bond acceptors (Lipinski definition) is 1. The van der Waals surface area contributed by atoms with Crippen LogP contribution in [0.1, 0.15) is 27.2 Å². The molecule has 1 rings (SSSR count). The molecule has 0 aromatic rings. The molecule has 0 saturated carbocycles. The van der Waals surface area contributed by atoms with Gasteiger partial charge >= 0.3 is 0 Å². The van der Waals surface area contributed by atoms with Gasteiger partial charge in [0.05, 0.1) is 0 Å². The molecule has 1 heterocycles. The molecule has 0 radical (unpaired) electrons. The predicted octanol–water partition coefficient (Wildman–Crippen LogP) is 2.96. The predicted molar refractivity (Wildman–Crippen MR) is 63.6 cm³/mol. The number of likely N-dealkylation sites (N-methyl/N-ethyl adjacent to an activating group) is 1. The summed E-state index contributed by atoms with van der Waals surface area (Å²) < 4.78 is 0. The van der Waals surface area contributed by atoms with Gasteiger partial charge in [-0.05, 0) is 13.0 Å². The van der Waals surface area contributed by atoms with Crippen LogP contribution < -0.4 is 0 Å². The van der Waals surface area contributed by atoms with Gasteiger partial charge in [0.1, 0.15) is 0 Å². The smallest absolute Gasteiger partial charge is 0.163 e. The second-order valence-corrected chi connectivity index (χ2v) is 3.58. The Kier molecular flexibility index (Phi) is 7.07. The third-order valence-corrected chi connectivity index (χ3v) is 2.52. The van der Waals surface area contributed by atoms with Gasteiger partial charge in [-0.2, -0.15) is 0 Å². The van der Waals surface area contributed by atoms with Crippen LogP contribution in [0, 0.1) is 0 Å². The summed E-state index contributed by atoms with van der Waals surface area (Å²) in [5.41, 5.74) is 1.65. The Morgan fingerprint density at radius 1 is 1.38 bits per heavy atom. The fourth-order valence-electron chi connectivity index (χ4n) is 1.54. The van der Waals surface area contributed by atoms with E-state index in [9.17, 15) is 0 Å². The minimum atomic E-state index is 0.758. The van der Waals surface area contributed by atoms with Gasteiger partial charge in [0.15, 0.2) is 6.71 Å². The molecule has 0 N–H and O–H groups in total. The first-order chi connectivity index (χ1) is 6.24. The fraction of sp³-hybridized carbons (Fsp3) is 0.818. The molecule has 76 valence electrons. The Balaban J connectivity index is 0.000000671. The summed E-state index contributed by atoms with van der Waals surface area (Å²) in [6.07, 6.45) is 3.68. The van der Waals surface area contributed by atoms with Crippen LogP contribution >= 0.6 is 0 Å². The molecule has 0 unspecified atom stereocenters. The zero-order valence-electron chi connectivity index (χ0n) is 9.93. The lowest BCUT2D eigenvalue weighted by atomic mass is 9.47. The van der Waals surface area contributed by atoms with Crippen LogP contribution in [-0.4, -0.2) is 31.2 Å². The van der Waals surface area contributed by atoms with Crippen LogP contribution in [0.15, 0.2) is 11.5 Å². The zero-order chi connectivity index (χ0) is 10.3. The second kappa shape index (κ2) is 7.20. The molecular formula is C11H24BN. The van der Waals surface area contributed by atoms with Crippen molar-refractivity contribution in [3.63, 3.8) is 0 Å². The molecule has 13 heavy (non-hydrogen) atoms. The highest BCUT2D eigenvalue weighted by Gasteiger charge is 2.12. The molecule has 1 aliphatic rings. The molecule has 0 aromatic carbocycles. The monoisotopic (exact) mass is 181 g/mol. The summed E-state index contributed by atoms with van der Waals surface area (Å²) in [6, 6.07) is 0. The second-order valence-electron chi connectivity index (χ2n) is 3.58. The van der Waals surface area contributed by atoms with E-state index in [-0.39, 0.29) is 0 Å². The van der Waals surface area contributed by atoms with Crippen molar-refractivity contribution in [1.82, 2.24) is 4.90 Å². The normalized spacial score (nSPS) is 17.2. The summed E-state index contributed by atoms with van der Waals surface area (Å²) in [5.74, 6) is 0. The van der Waals surface area contributed by atoms with Crippen LogP contribution in [-0.2, 0) is 0 Å². The molecule has 0 atom stereocenters. The van der Waals surface area contributed by atoms with Gasteiger partial charge in [0.25, 0.3) is 0 Å². The van der Waals surface area contributed by atoms with E-state index in [2.05, 4.69) is 31.5 Å². The van der Waals surface area contributed by atoms with Gasteiger partial charge in [-0.1, -0.05) is 40.5 Å². The molecule has 0 saturated heterocycles. The van der Waals surface area contributed by atoms with Gasteiger partial charge in [-0.3, -0.25) is 4.90 Å². The average Bonchev–Trinajstić information content (AvgIpc) is 2.21. The average molecular weight is 181 g/mol. The Morgan fingerprint density at radius 2 is 2.00 bits per heavy atom. The van der Waals surface area contributed by atoms with Gasteiger partial charge in [-0.25, -0.2) is 0 Å². The van der Waals surface area contributed by atoms with Crippen molar-refractivity contribution in [1.29, 1.82) is 0 Å². The molecule has 0 bridgehead atoms. The van der Waals surface area contributed by atoms with Crippen molar-refractivity contribution >= 4 is 6.71 Å². The van der Waals surface area contributed by atoms with E-state index in [0.717, 1.165) is 6.71 Å². The zero-order valence-corrected chi connectivity index (χ0v) is 9.93. The van der Waals surface area contributed by atoms with Crippen LogP contribution in [0.3, 0.4) is 0 Å². The lowest BCUT2D eigenvalue weighted by Gasteiger charge is -2.25. The lowest BCUT2D eigenvalue weighted by Crippen LogP contribution is -2.30. The summed E-state index contributed by atoms with van der Waals surface area (Å²) in [4.78, 5) is 2.48. The Labute approximate surface area is 84.3 Å². The molecule has 0 spiro atoms. The Morgan fingerprint density at radius 3 is 2.31 bits per heavy atom. The lowest BCUT2D eigenvalue weighted by molar-refractivity contribution is 0.313. The summed E-state index contributed by atoms with van der Waals surface area (Å²) in [5, 5.41) is 0. The highest BCUT2D eigenvalue weighted by molar-refractivity contribution is 6.64. The van der Waals surface area contributed by atoms with E-state index in [4.69, 9.17) is 0 Å². The largest absolute Gasteiger partial charge is 0.300 e. The first-order valence-corrected chi connectivity index (χ1v) is 5.65. The van der Waals surface area contributed by atoms with Crippen molar-refractivity contribution < 1.29 is 0 Å². The molecule has 0 amide bonds. The van der Waals surface area contributed by atoms with Crippen molar-refractivity contribution in [2.24, 2.45) is 0 Å². The summed E-state index contributed by atoms with van der Waals surface area (Å²) >= 11 is 0. The molecule has 0 aliphatic carbocycles. The maximum absolute atomic E-state index is 2.48. The van der Waals surface area contributed by atoms with Crippen molar-refractivity contribution in [2.45, 2.75) is 40.8 Å². The van der Waals surface area contributed by atoms with E-state index in [1.54, 1.807) is 5.47 Å². The van der Waals surface area contributed by atoms with Gasteiger partial charge in [-0.15, -0.1) is 5.47 Å². The van der Waals surface area contributed by atoms with Crippen LogP contribution in [0.5, 0.6) is 0 Å². The van der Waals surface area contributed by atoms with Crippen LogP contribution in [0.2, 0.25) is 13.6 Å². The molecule has 2 heteroatoms. The number of hydrogen-bond donors (Lipinski definition) is 0. The first-order valence-electron chi connectivity index (χ1n) is 5.65. The SMILES string of the molecule is CC.CCN1CC=C(B(C)C)CC1. The maximum Gasteiger partial charge on any atom is 0.163 e. The molecule has 0 aromatic heterocycles.